The molecule has 1 aromatic carbocycles. The average molecular weight is 605 g/mol. The van der Waals surface area contributed by atoms with Gasteiger partial charge in [-0.05, 0) is 31.2 Å². The molecule has 2 aromatic rings. The first-order chi connectivity index (χ1) is 21.4. The first-order valence-corrected chi connectivity index (χ1v) is 16.3. The minimum atomic E-state index is -1.11. The van der Waals surface area contributed by atoms with Crippen LogP contribution in [0.4, 0.5) is 0 Å². The first kappa shape index (κ1) is 34.6. The van der Waals surface area contributed by atoms with Crippen LogP contribution in [0.3, 0.4) is 0 Å². The predicted molar refractivity (Wildman–Crippen MR) is 171 cm³/mol. The maximum Gasteiger partial charge on any atom is 0.341 e. The summed E-state index contributed by atoms with van der Waals surface area (Å²) in [5.74, 6) is -2.87. The number of nitrogens with zero attached hydrogens (tertiary/aromatic N) is 3. The number of unbranched alkanes of at least 4 members (excludes halogenated alkanes) is 8. The summed E-state index contributed by atoms with van der Waals surface area (Å²) in [5, 5.41) is 17.4. The van der Waals surface area contributed by atoms with Gasteiger partial charge in [0.1, 0.15) is 23.2 Å². The number of carbonyl (C=O) groups excluding carboxylic acids is 3. The Hall–Kier alpha value is -3.93. The number of benzene rings is 1. The van der Waals surface area contributed by atoms with Gasteiger partial charge in [0.25, 0.3) is 5.91 Å². The summed E-state index contributed by atoms with van der Waals surface area (Å²) in [4.78, 5) is 40.4. The van der Waals surface area contributed by atoms with Crippen LogP contribution in [-0.2, 0) is 14.3 Å². The van der Waals surface area contributed by atoms with Crippen LogP contribution in [0.1, 0.15) is 141 Å². The van der Waals surface area contributed by atoms with Gasteiger partial charge in [-0.1, -0.05) is 108 Å². The van der Waals surface area contributed by atoms with E-state index in [1.54, 1.807) is 19.1 Å². The van der Waals surface area contributed by atoms with Gasteiger partial charge in [0.2, 0.25) is 0 Å². The molecule has 2 atom stereocenters. The van der Waals surface area contributed by atoms with Crippen molar-refractivity contribution in [2.75, 3.05) is 20.3 Å². The third kappa shape index (κ3) is 8.58. The van der Waals surface area contributed by atoms with Crippen molar-refractivity contribution < 1.29 is 23.9 Å². The molecule has 9 nitrogen and oxygen atoms in total. The Bertz CT molecular complexity index is 1320. The van der Waals surface area contributed by atoms with Crippen molar-refractivity contribution in [2.24, 2.45) is 11.0 Å². The van der Waals surface area contributed by atoms with Gasteiger partial charge in [0.05, 0.1) is 30.2 Å². The Balaban J connectivity index is 1.95. The summed E-state index contributed by atoms with van der Waals surface area (Å²) in [6.07, 6.45) is 13.6. The molecule has 0 saturated heterocycles. The van der Waals surface area contributed by atoms with Gasteiger partial charge in [0.15, 0.2) is 0 Å². The van der Waals surface area contributed by atoms with Crippen molar-refractivity contribution in [1.82, 2.24) is 9.99 Å². The van der Waals surface area contributed by atoms with E-state index in [9.17, 15) is 19.6 Å². The van der Waals surface area contributed by atoms with E-state index in [1.165, 1.54) is 43.8 Å². The zero-order valence-corrected chi connectivity index (χ0v) is 26.8. The molecule has 0 radical (unpaired) electrons. The molecule has 1 aromatic heterocycles. The monoisotopic (exact) mass is 604 g/mol. The number of nitriles is 1. The Morgan fingerprint density at radius 1 is 0.932 bits per heavy atom. The Labute approximate surface area is 262 Å². The maximum absolute atomic E-state index is 13.9. The third-order valence-corrected chi connectivity index (χ3v) is 8.17. The van der Waals surface area contributed by atoms with E-state index in [2.05, 4.69) is 24.3 Å². The van der Waals surface area contributed by atoms with Crippen LogP contribution in [0, 0.1) is 17.2 Å². The van der Waals surface area contributed by atoms with E-state index in [-0.39, 0.29) is 41.6 Å². The van der Waals surface area contributed by atoms with Crippen LogP contribution in [-0.4, -0.2) is 48.5 Å². The average Bonchev–Trinajstić information content (AvgIpc) is 3.57. The summed E-state index contributed by atoms with van der Waals surface area (Å²) in [6, 6.07) is 11.1. The molecule has 1 aliphatic rings. The summed E-state index contributed by atoms with van der Waals surface area (Å²) < 4.78 is 12.6. The van der Waals surface area contributed by atoms with Gasteiger partial charge in [0, 0.05) is 7.05 Å². The van der Waals surface area contributed by atoms with E-state index in [4.69, 9.17) is 9.47 Å². The van der Waals surface area contributed by atoms with Gasteiger partial charge in [-0.2, -0.15) is 10.4 Å². The number of ether oxygens (including phenoxy) is 2. The first-order valence-electron chi connectivity index (χ1n) is 16.3. The van der Waals surface area contributed by atoms with Crippen LogP contribution in [0.2, 0.25) is 0 Å². The highest BCUT2D eigenvalue weighted by atomic mass is 16.5. The number of aromatic nitrogens is 1. The Kier molecular flexibility index (Phi) is 14.1. The minimum absolute atomic E-state index is 0.108. The summed E-state index contributed by atoms with van der Waals surface area (Å²) in [7, 11) is 1.44. The number of hydrogen-bond acceptors (Lipinski definition) is 7. The lowest BCUT2D eigenvalue weighted by Gasteiger charge is -2.18. The van der Waals surface area contributed by atoms with E-state index < -0.39 is 23.8 Å². The second kappa shape index (κ2) is 18.0. The zero-order chi connectivity index (χ0) is 31.9. The van der Waals surface area contributed by atoms with Crippen molar-refractivity contribution in [3.63, 3.8) is 0 Å². The van der Waals surface area contributed by atoms with E-state index in [1.807, 2.05) is 24.3 Å². The minimum Gasteiger partial charge on any atom is -0.465 e. The topological polar surface area (TPSA) is 123 Å². The van der Waals surface area contributed by atoms with E-state index in [0.717, 1.165) is 44.9 Å². The molecule has 9 heteroatoms. The SMILES string of the molecule is CCCCCCCCC(CCCCCC)COC(=O)c1c(C#N)c(C(=O)NC)n2c1C(C(=O)OCC)C(c1ccccc1)=N2. The second-order valence-corrected chi connectivity index (χ2v) is 11.4. The fraction of sp³-hybridized carbons (Fsp3) is 0.571. The van der Waals surface area contributed by atoms with E-state index in [0.29, 0.717) is 11.3 Å². The highest BCUT2D eigenvalue weighted by Gasteiger charge is 2.45. The molecule has 238 valence electrons. The molecule has 2 heterocycles. The second-order valence-electron chi connectivity index (χ2n) is 11.4. The molecular weight excluding hydrogens is 556 g/mol. The molecule has 3 rings (SSSR count). The molecule has 1 N–H and O–H groups in total. The highest BCUT2D eigenvalue weighted by molar-refractivity contribution is 6.19. The van der Waals surface area contributed by atoms with Crippen LogP contribution < -0.4 is 5.32 Å². The predicted octanol–water partition coefficient (Wildman–Crippen LogP) is 7.13. The Morgan fingerprint density at radius 2 is 1.55 bits per heavy atom. The lowest BCUT2D eigenvalue weighted by atomic mass is 9.91. The van der Waals surface area contributed by atoms with Crippen LogP contribution in [0.25, 0.3) is 0 Å². The molecule has 0 fully saturated rings. The molecule has 44 heavy (non-hydrogen) atoms. The Morgan fingerprint density at radius 3 is 2.14 bits per heavy atom. The van der Waals surface area contributed by atoms with Gasteiger partial charge in [-0.15, -0.1) is 0 Å². The number of rotatable bonds is 19. The van der Waals surface area contributed by atoms with E-state index >= 15 is 0 Å². The highest BCUT2D eigenvalue weighted by Crippen LogP contribution is 2.38. The van der Waals surface area contributed by atoms with Crippen LogP contribution in [0.15, 0.2) is 35.4 Å². The molecule has 0 bridgehead atoms. The van der Waals surface area contributed by atoms with Gasteiger partial charge in [-0.3, -0.25) is 9.59 Å². The van der Waals surface area contributed by atoms with Gasteiger partial charge >= 0.3 is 11.9 Å². The summed E-state index contributed by atoms with van der Waals surface area (Å²) in [6.45, 7) is 6.41. The molecule has 0 saturated carbocycles. The van der Waals surface area contributed by atoms with Crippen LogP contribution in [0.5, 0.6) is 0 Å². The number of fused-ring (bicyclic) bond motifs is 1. The molecule has 0 aliphatic carbocycles. The number of carbonyl (C=O) groups is 3. The quantitative estimate of drug-likeness (QED) is 0.134. The number of esters is 2. The summed E-state index contributed by atoms with van der Waals surface area (Å²) >= 11 is 0. The normalized spacial score (nSPS) is 14.3. The van der Waals surface area contributed by atoms with Crippen LogP contribution >= 0.6 is 0 Å². The molecule has 2 unspecified atom stereocenters. The van der Waals surface area contributed by atoms with Gasteiger partial charge < -0.3 is 14.8 Å². The third-order valence-electron chi connectivity index (χ3n) is 8.17. The molecule has 1 aliphatic heterocycles. The number of nitrogens with one attached hydrogen (secondary N) is 1. The smallest absolute Gasteiger partial charge is 0.341 e. The number of hydrogen-bond donors (Lipinski definition) is 1. The standard InChI is InChI=1S/C35H48N4O5/c1-5-8-10-12-13-16-20-25(19-15-11-9-6-2)24-44-34(41)28-27(23-36)31(33(40)37-4)39-32(28)29(35(42)43-7-3)30(38-39)26-21-17-14-18-22-26/h14,17-18,21-22,25,29H,5-13,15-16,19-20,24H2,1-4H3,(H,37,40). The zero-order valence-electron chi connectivity index (χ0n) is 26.8. The largest absolute Gasteiger partial charge is 0.465 e. The lowest BCUT2D eigenvalue weighted by Crippen LogP contribution is -2.25. The molecular formula is C35H48N4O5. The van der Waals surface area contributed by atoms with Crippen molar-refractivity contribution in [2.45, 2.75) is 104 Å². The maximum atomic E-state index is 13.9. The molecule has 1 amide bonds. The number of amides is 1. The fourth-order valence-electron chi connectivity index (χ4n) is 5.82. The van der Waals surface area contributed by atoms with Crippen molar-refractivity contribution in [1.29, 1.82) is 5.26 Å². The lowest BCUT2D eigenvalue weighted by molar-refractivity contribution is -0.143. The van der Waals surface area contributed by atoms with Crippen molar-refractivity contribution in [3.05, 3.63) is 58.4 Å². The molecule has 0 spiro atoms. The van der Waals surface area contributed by atoms with Gasteiger partial charge in [-0.25, -0.2) is 9.47 Å². The summed E-state index contributed by atoms with van der Waals surface area (Å²) in [5.41, 5.74) is 0.715. The van der Waals surface area contributed by atoms with Crippen molar-refractivity contribution in [3.8, 4) is 6.07 Å². The fourth-order valence-corrected chi connectivity index (χ4v) is 5.82. The van der Waals surface area contributed by atoms with Crippen molar-refractivity contribution >= 4 is 23.6 Å².